The Bertz CT molecular complexity index is 772. The summed E-state index contributed by atoms with van der Waals surface area (Å²) >= 11 is 0. The number of aromatic nitrogens is 5. The minimum absolute atomic E-state index is 0.536. The van der Waals surface area contributed by atoms with Crippen LogP contribution in [0.25, 0.3) is 21.9 Å². The summed E-state index contributed by atoms with van der Waals surface area (Å²) in [4.78, 5) is 8.84. The number of nitrogens with zero attached hydrogens (tertiary/aromatic N) is 5. The van der Waals surface area contributed by atoms with Gasteiger partial charge in [0, 0.05) is 18.5 Å². The summed E-state index contributed by atoms with van der Waals surface area (Å²) in [5, 5.41) is 12.8. The normalized spacial score (nSPS) is 16.2. The lowest BCUT2D eigenvalue weighted by molar-refractivity contribution is 0.737. The van der Waals surface area contributed by atoms with Gasteiger partial charge in [-0.3, -0.25) is 0 Å². The zero-order valence-electron chi connectivity index (χ0n) is 11.4. The maximum atomic E-state index is 4.43. The van der Waals surface area contributed by atoms with Gasteiger partial charge >= 0.3 is 0 Å². The Morgan fingerprint density at radius 2 is 2.05 bits per heavy atom. The first-order chi connectivity index (χ1) is 9.83. The van der Waals surface area contributed by atoms with Crippen LogP contribution in [0.2, 0.25) is 0 Å². The van der Waals surface area contributed by atoms with Crippen molar-refractivity contribution in [2.24, 2.45) is 7.05 Å². The Kier molecular flexibility index (Phi) is 2.55. The molecular weight excluding hydrogens is 252 g/mol. The highest BCUT2D eigenvalue weighted by molar-refractivity contribution is 6.05. The molecule has 102 valence electrons. The van der Waals surface area contributed by atoms with Gasteiger partial charge in [-0.1, -0.05) is 18.1 Å². The first-order valence-electron chi connectivity index (χ1n) is 7.02. The van der Waals surface area contributed by atoms with Crippen molar-refractivity contribution in [1.29, 1.82) is 0 Å². The van der Waals surface area contributed by atoms with Gasteiger partial charge in [0.25, 0.3) is 0 Å². The van der Waals surface area contributed by atoms with E-state index in [1.807, 2.05) is 19.2 Å². The average Bonchev–Trinajstić information content (AvgIpc) is 3.09. The molecule has 0 amide bonds. The van der Waals surface area contributed by atoms with Crippen LogP contribution < -0.4 is 5.32 Å². The second kappa shape index (κ2) is 4.40. The predicted molar refractivity (Wildman–Crippen MR) is 77.5 cm³/mol. The number of fused-ring (bicyclic) bond motifs is 3. The molecule has 1 aliphatic carbocycles. The number of anilines is 1. The molecule has 1 N–H and O–H groups in total. The molecule has 0 aliphatic heterocycles. The molecule has 1 aromatic carbocycles. The molecule has 1 aliphatic rings. The summed E-state index contributed by atoms with van der Waals surface area (Å²) in [6, 6.07) is 4.55. The van der Waals surface area contributed by atoms with Crippen molar-refractivity contribution in [3.8, 4) is 0 Å². The number of hydrogen-bond donors (Lipinski definition) is 1. The van der Waals surface area contributed by atoms with Crippen LogP contribution in [0.5, 0.6) is 0 Å². The molecule has 6 nitrogen and oxygen atoms in total. The molecule has 3 aromatic rings. The first-order valence-corrected chi connectivity index (χ1v) is 7.02. The van der Waals surface area contributed by atoms with Crippen LogP contribution in [-0.4, -0.2) is 31.0 Å². The monoisotopic (exact) mass is 268 g/mol. The van der Waals surface area contributed by atoms with Gasteiger partial charge in [-0.2, -0.15) is 0 Å². The molecule has 0 radical (unpaired) electrons. The van der Waals surface area contributed by atoms with Gasteiger partial charge < -0.3 is 5.32 Å². The van der Waals surface area contributed by atoms with Crippen LogP contribution in [0.3, 0.4) is 0 Å². The van der Waals surface area contributed by atoms with Crippen LogP contribution in [0, 0.1) is 0 Å². The van der Waals surface area contributed by atoms with E-state index in [2.05, 4.69) is 25.6 Å². The fourth-order valence-corrected chi connectivity index (χ4v) is 3.04. The minimum Gasteiger partial charge on any atom is -0.367 e. The Morgan fingerprint density at radius 3 is 2.90 bits per heavy atom. The van der Waals surface area contributed by atoms with Gasteiger partial charge in [-0.25, -0.2) is 14.6 Å². The second-order valence-corrected chi connectivity index (χ2v) is 5.39. The van der Waals surface area contributed by atoms with Gasteiger partial charge in [0.2, 0.25) is 0 Å². The standard InChI is InChI=1S/C14H16N6/c1-20-13-11(18-19-20)7-6-10-12(13)15-8-16-14(10)17-9-4-2-3-5-9/h6-9H,2-5H2,1H3,(H,15,16,17). The molecule has 0 unspecified atom stereocenters. The third kappa shape index (κ3) is 1.71. The van der Waals surface area contributed by atoms with E-state index in [-0.39, 0.29) is 0 Å². The quantitative estimate of drug-likeness (QED) is 0.772. The second-order valence-electron chi connectivity index (χ2n) is 5.39. The maximum absolute atomic E-state index is 4.43. The number of hydrogen-bond acceptors (Lipinski definition) is 5. The van der Waals surface area contributed by atoms with E-state index in [1.54, 1.807) is 11.0 Å². The van der Waals surface area contributed by atoms with Crippen molar-refractivity contribution in [1.82, 2.24) is 25.0 Å². The number of nitrogens with one attached hydrogen (secondary N) is 1. The summed E-state index contributed by atoms with van der Waals surface area (Å²) in [5.41, 5.74) is 2.73. The van der Waals surface area contributed by atoms with Crippen molar-refractivity contribution in [3.63, 3.8) is 0 Å². The van der Waals surface area contributed by atoms with Crippen molar-refractivity contribution >= 4 is 27.8 Å². The fourth-order valence-electron chi connectivity index (χ4n) is 3.04. The summed E-state index contributed by atoms with van der Waals surface area (Å²) in [6.07, 6.45) is 6.67. The predicted octanol–water partition coefficient (Wildman–Crippen LogP) is 2.27. The molecule has 0 spiro atoms. The summed E-state index contributed by atoms with van der Waals surface area (Å²) in [6.45, 7) is 0. The number of rotatable bonds is 2. The summed E-state index contributed by atoms with van der Waals surface area (Å²) < 4.78 is 1.77. The molecule has 4 rings (SSSR count). The largest absolute Gasteiger partial charge is 0.367 e. The topological polar surface area (TPSA) is 68.5 Å². The molecular formula is C14H16N6. The van der Waals surface area contributed by atoms with E-state index in [0.717, 1.165) is 27.8 Å². The van der Waals surface area contributed by atoms with Crippen molar-refractivity contribution < 1.29 is 0 Å². The Labute approximate surface area is 116 Å². The molecule has 0 saturated heterocycles. The van der Waals surface area contributed by atoms with Gasteiger partial charge in [-0.15, -0.1) is 5.10 Å². The van der Waals surface area contributed by atoms with Crippen LogP contribution in [0.4, 0.5) is 5.82 Å². The van der Waals surface area contributed by atoms with Crippen LogP contribution in [0.1, 0.15) is 25.7 Å². The van der Waals surface area contributed by atoms with Gasteiger partial charge in [0.15, 0.2) is 0 Å². The molecule has 6 heteroatoms. The zero-order valence-corrected chi connectivity index (χ0v) is 11.4. The first kappa shape index (κ1) is 11.6. The molecule has 1 saturated carbocycles. The number of benzene rings is 1. The van der Waals surface area contributed by atoms with Crippen molar-refractivity contribution in [2.45, 2.75) is 31.7 Å². The maximum Gasteiger partial charge on any atom is 0.137 e. The SMILES string of the molecule is Cn1nnc2ccc3c(NC4CCCC4)ncnc3c21. The summed E-state index contributed by atoms with van der Waals surface area (Å²) in [5.74, 6) is 0.921. The third-order valence-electron chi connectivity index (χ3n) is 4.06. The van der Waals surface area contributed by atoms with Crippen molar-refractivity contribution in [3.05, 3.63) is 18.5 Å². The summed E-state index contributed by atoms with van der Waals surface area (Å²) in [7, 11) is 1.89. The molecule has 0 atom stereocenters. The Balaban J connectivity index is 1.89. The lowest BCUT2D eigenvalue weighted by Gasteiger charge is -2.14. The van der Waals surface area contributed by atoms with Gasteiger partial charge in [0.05, 0.1) is 0 Å². The molecule has 2 aromatic heterocycles. The molecule has 0 bridgehead atoms. The van der Waals surface area contributed by atoms with Gasteiger partial charge in [-0.05, 0) is 25.0 Å². The number of aryl methyl sites for hydroxylation is 1. The lowest BCUT2D eigenvalue weighted by Crippen LogP contribution is -2.15. The van der Waals surface area contributed by atoms with E-state index in [1.165, 1.54) is 25.7 Å². The highest BCUT2D eigenvalue weighted by Gasteiger charge is 2.17. The van der Waals surface area contributed by atoms with Crippen LogP contribution in [-0.2, 0) is 7.05 Å². The van der Waals surface area contributed by atoms with E-state index in [4.69, 9.17) is 0 Å². The zero-order chi connectivity index (χ0) is 13.5. The van der Waals surface area contributed by atoms with E-state index in [9.17, 15) is 0 Å². The van der Waals surface area contributed by atoms with Gasteiger partial charge in [0.1, 0.15) is 28.7 Å². The molecule has 1 fully saturated rings. The highest BCUT2D eigenvalue weighted by atomic mass is 15.4. The fraction of sp³-hybridized carbons (Fsp3) is 0.429. The smallest absolute Gasteiger partial charge is 0.137 e. The highest BCUT2D eigenvalue weighted by Crippen LogP contribution is 2.28. The van der Waals surface area contributed by atoms with E-state index in [0.29, 0.717) is 6.04 Å². The van der Waals surface area contributed by atoms with E-state index < -0.39 is 0 Å². The minimum atomic E-state index is 0.536. The van der Waals surface area contributed by atoms with Crippen molar-refractivity contribution in [2.75, 3.05) is 5.32 Å². The lowest BCUT2D eigenvalue weighted by atomic mass is 10.2. The van der Waals surface area contributed by atoms with Crippen LogP contribution in [0.15, 0.2) is 18.5 Å². The van der Waals surface area contributed by atoms with Crippen LogP contribution >= 0.6 is 0 Å². The molecule has 2 heterocycles. The third-order valence-corrected chi connectivity index (χ3v) is 4.06. The molecule has 20 heavy (non-hydrogen) atoms. The Morgan fingerprint density at radius 1 is 1.20 bits per heavy atom. The Hall–Kier alpha value is -2.24. The average molecular weight is 268 g/mol. The van der Waals surface area contributed by atoms with E-state index >= 15 is 0 Å².